The number of benzene rings is 1. The molecule has 3 heteroatoms. The maximum atomic E-state index is 12.2. The molecule has 0 unspecified atom stereocenters. The fourth-order valence-corrected chi connectivity index (χ4v) is 4.18. The number of hydrogen-bond donors (Lipinski definition) is 0. The SMILES string of the molecule is CC(C)CC(=O)N1CCC(Cc2ccc(CN3CCCC3)cc2)CC1. The lowest BCUT2D eigenvalue weighted by Gasteiger charge is -2.32. The molecule has 0 aromatic heterocycles. The van der Waals surface area contributed by atoms with Crippen molar-refractivity contribution >= 4 is 5.91 Å². The van der Waals surface area contributed by atoms with Gasteiger partial charge in [-0.1, -0.05) is 38.1 Å². The Labute approximate surface area is 153 Å². The molecule has 0 saturated carbocycles. The van der Waals surface area contributed by atoms with Crippen LogP contribution >= 0.6 is 0 Å². The molecule has 1 aromatic rings. The first kappa shape index (κ1) is 18.4. The second kappa shape index (κ2) is 8.84. The molecule has 0 radical (unpaired) electrons. The van der Waals surface area contributed by atoms with Crippen molar-refractivity contribution in [3.8, 4) is 0 Å². The highest BCUT2D eigenvalue weighted by atomic mass is 16.2. The van der Waals surface area contributed by atoms with Gasteiger partial charge in [-0.3, -0.25) is 9.69 Å². The van der Waals surface area contributed by atoms with Crippen LogP contribution in [0.3, 0.4) is 0 Å². The van der Waals surface area contributed by atoms with Crippen LogP contribution in [0, 0.1) is 11.8 Å². The molecule has 0 N–H and O–H groups in total. The number of likely N-dealkylation sites (tertiary alicyclic amines) is 2. The van der Waals surface area contributed by atoms with Gasteiger partial charge in [0.25, 0.3) is 0 Å². The standard InChI is InChI=1S/C22H34N2O/c1-18(2)15-22(25)24-13-9-20(10-14-24)16-19-5-7-21(8-6-19)17-23-11-3-4-12-23/h5-8,18,20H,3-4,9-17H2,1-2H3. The van der Waals surface area contributed by atoms with Crippen molar-refractivity contribution in [1.82, 2.24) is 9.80 Å². The maximum Gasteiger partial charge on any atom is 0.222 e. The Kier molecular flexibility index (Phi) is 6.52. The average Bonchev–Trinajstić information content (AvgIpc) is 3.10. The molecule has 3 nitrogen and oxygen atoms in total. The van der Waals surface area contributed by atoms with Gasteiger partial charge in [-0.2, -0.15) is 0 Å². The van der Waals surface area contributed by atoms with Crippen LogP contribution < -0.4 is 0 Å². The second-order valence-corrected chi connectivity index (χ2v) is 8.43. The van der Waals surface area contributed by atoms with E-state index in [1.54, 1.807) is 0 Å². The summed E-state index contributed by atoms with van der Waals surface area (Å²) >= 11 is 0. The molecule has 2 heterocycles. The molecule has 1 amide bonds. The summed E-state index contributed by atoms with van der Waals surface area (Å²) in [5.41, 5.74) is 2.90. The van der Waals surface area contributed by atoms with Gasteiger partial charge in [0.05, 0.1) is 0 Å². The zero-order valence-corrected chi connectivity index (χ0v) is 16.0. The lowest BCUT2D eigenvalue weighted by Crippen LogP contribution is -2.39. The smallest absolute Gasteiger partial charge is 0.222 e. The van der Waals surface area contributed by atoms with Gasteiger partial charge in [0, 0.05) is 26.1 Å². The normalized spacial score (nSPS) is 19.7. The molecule has 1 aromatic carbocycles. The van der Waals surface area contributed by atoms with Crippen molar-refractivity contribution in [2.75, 3.05) is 26.2 Å². The summed E-state index contributed by atoms with van der Waals surface area (Å²) in [7, 11) is 0. The predicted octanol–water partition coefficient (Wildman–Crippen LogP) is 4.11. The van der Waals surface area contributed by atoms with Crippen molar-refractivity contribution in [3.05, 3.63) is 35.4 Å². The minimum atomic E-state index is 0.347. The Bertz CT molecular complexity index is 538. The van der Waals surface area contributed by atoms with Crippen LogP contribution in [0.5, 0.6) is 0 Å². The van der Waals surface area contributed by atoms with Gasteiger partial charge >= 0.3 is 0 Å². The largest absolute Gasteiger partial charge is 0.343 e. The Morgan fingerprint density at radius 3 is 2.20 bits per heavy atom. The third kappa shape index (κ3) is 5.57. The van der Waals surface area contributed by atoms with Crippen LogP contribution in [0.25, 0.3) is 0 Å². The molecule has 2 aliphatic rings. The van der Waals surface area contributed by atoms with E-state index in [0.29, 0.717) is 18.2 Å². The monoisotopic (exact) mass is 342 g/mol. The summed E-state index contributed by atoms with van der Waals surface area (Å²) in [6.07, 6.45) is 6.88. The van der Waals surface area contributed by atoms with Crippen LogP contribution in [0.2, 0.25) is 0 Å². The Morgan fingerprint density at radius 1 is 1.00 bits per heavy atom. The van der Waals surface area contributed by atoms with Crippen molar-refractivity contribution in [2.45, 2.75) is 58.9 Å². The number of piperidine rings is 1. The minimum absolute atomic E-state index is 0.347. The number of rotatable bonds is 6. The molecule has 2 fully saturated rings. The Morgan fingerprint density at radius 2 is 1.60 bits per heavy atom. The van der Waals surface area contributed by atoms with Gasteiger partial charge in [-0.15, -0.1) is 0 Å². The fourth-order valence-electron chi connectivity index (χ4n) is 4.18. The molecule has 138 valence electrons. The summed E-state index contributed by atoms with van der Waals surface area (Å²) in [6.45, 7) is 9.77. The number of carbonyl (C=O) groups is 1. The topological polar surface area (TPSA) is 23.6 Å². The third-order valence-corrected chi connectivity index (χ3v) is 5.70. The quantitative estimate of drug-likeness (QED) is 0.777. The average molecular weight is 343 g/mol. The minimum Gasteiger partial charge on any atom is -0.343 e. The molecule has 2 saturated heterocycles. The van der Waals surface area contributed by atoms with E-state index in [1.807, 2.05) is 0 Å². The van der Waals surface area contributed by atoms with Crippen LogP contribution in [0.15, 0.2) is 24.3 Å². The highest BCUT2D eigenvalue weighted by Crippen LogP contribution is 2.23. The van der Waals surface area contributed by atoms with Crippen molar-refractivity contribution in [1.29, 1.82) is 0 Å². The highest BCUT2D eigenvalue weighted by Gasteiger charge is 2.23. The van der Waals surface area contributed by atoms with E-state index in [4.69, 9.17) is 0 Å². The molecular weight excluding hydrogens is 308 g/mol. The third-order valence-electron chi connectivity index (χ3n) is 5.70. The molecule has 0 spiro atoms. The molecule has 3 rings (SSSR count). The summed E-state index contributed by atoms with van der Waals surface area (Å²) in [5.74, 6) is 1.54. The van der Waals surface area contributed by atoms with Gasteiger partial charge in [-0.05, 0) is 68.2 Å². The summed E-state index contributed by atoms with van der Waals surface area (Å²) in [5, 5.41) is 0. The first-order valence-corrected chi connectivity index (χ1v) is 10.2. The van der Waals surface area contributed by atoms with Gasteiger partial charge in [-0.25, -0.2) is 0 Å². The van der Waals surface area contributed by atoms with E-state index in [2.05, 4.69) is 47.9 Å². The Hall–Kier alpha value is -1.35. The molecule has 0 bridgehead atoms. The van der Waals surface area contributed by atoms with E-state index >= 15 is 0 Å². The van der Waals surface area contributed by atoms with Gasteiger partial charge in [0.1, 0.15) is 0 Å². The lowest BCUT2D eigenvalue weighted by molar-refractivity contribution is -0.133. The first-order chi connectivity index (χ1) is 12.1. The van der Waals surface area contributed by atoms with Crippen LogP contribution in [-0.4, -0.2) is 41.9 Å². The molecule has 0 aliphatic carbocycles. The predicted molar refractivity (Wildman–Crippen MR) is 103 cm³/mol. The van der Waals surface area contributed by atoms with E-state index in [9.17, 15) is 4.79 Å². The number of amides is 1. The van der Waals surface area contributed by atoms with Crippen molar-refractivity contribution in [3.63, 3.8) is 0 Å². The van der Waals surface area contributed by atoms with Gasteiger partial charge in [0.15, 0.2) is 0 Å². The van der Waals surface area contributed by atoms with Crippen LogP contribution in [0.4, 0.5) is 0 Å². The van der Waals surface area contributed by atoms with Crippen LogP contribution in [0.1, 0.15) is 57.1 Å². The summed E-state index contributed by atoms with van der Waals surface area (Å²) in [6, 6.07) is 9.27. The molecule has 25 heavy (non-hydrogen) atoms. The van der Waals surface area contributed by atoms with Crippen molar-refractivity contribution in [2.24, 2.45) is 11.8 Å². The van der Waals surface area contributed by atoms with E-state index in [1.165, 1.54) is 37.1 Å². The fraction of sp³-hybridized carbons (Fsp3) is 0.682. The second-order valence-electron chi connectivity index (χ2n) is 8.43. The van der Waals surface area contributed by atoms with E-state index < -0.39 is 0 Å². The molecule has 0 atom stereocenters. The zero-order valence-electron chi connectivity index (χ0n) is 16.0. The first-order valence-electron chi connectivity index (χ1n) is 10.2. The Balaban J connectivity index is 1.43. The maximum absolute atomic E-state index is 12.2. The summed E-state index contributed by atoms with van der Waals surface area (Å²) in [4.78, 5) is 16.8. The molecular formula is C22H34N2O. The lowest BCUT2D eigenvalue weighted by atomic mass is 9.89. The van der Waals surface area contributed by atoms with Gasteiger partial charge in [0.2, 0.25) is 5.91 Å². The van der Waals surface area contributed by atoms with Gasteiger partial charge < -0.3 is 4.90 Å². The number of carbonyl (C=O) groups excluding carboxylic acids is 1. The van der Waals surface area contributed by atoms with Crippen molar-refractivity contribution < 1.29 is 4.79 Å². The zero-order chi connectivity index (χ0) is 17.6. The van der Waals surface area contributed by atoms with E-state index in [-0.39, 0.29) is 0 Å². The highest BCUT2D eigenvalue weighted by molar-refractivity contribution is 5.76. The van der Waals surface area contributed by atoms with E-state index in [0.717, 1.165) is 44.8 Å². The number of nitrogens with zero attached hydrogens (tertiary/aromatic N) is 2. The summed E-state index contributed by atoms with van der Waals surface area (Å²) < 4.78 is 0. The molecule has 2 aliphatic heterocycles. The van der Waals surface area contributed by atoms with Crippen LogP contribution in [-0.2, 0) is 17.8 Å². The number of hydrogen-bond acceptors (Lipinski definition) is 2.